The molecule has 1 heterocycles. The molecule has 0 fully saturated rings. The predicted octanol–water partition coefficient (Wildman–Crippen LogP) is 5.55. The molecular weight excluding hydrogens is 362 g/mol. The number of aromatic nitrogens is 1. The largest absolute Gasteiger partial charge is 0.496 e. The van der Waals surface area contributed by atoms with Gasteiger partial charge in [-0.05, 0) is 48.9 Å². The van der Waals surface area contributed by atoms with E-state index < -0.39 is 0 Å². The first-order valence-electron chi connectivity index (χ1n) is 9.58. The van der Waals surface area contributed by atoms with E-state index in [0.29, 0.717) is 6.61 Å². The zero-order chi connectivity index (χ0) is 20.2. The highest BCUT2D eigenvalue weighted by Crippen LogP contribution is 2.28. The van der Waals surface area contributed by atoms with Crippen LogP contribution >= 0.6 is 0 Å². The number of anilines is 1. The Bertz CT molecular complexity index is 1200. The monoisotopic (exact) mass is 385 g/mol. The number of hydrogen-bond acceptors (Lipinski definition) is 5. The third kappa shape index (κ3) is 3.85. The second-order valence-corrected chi connectivity index (χ2v) is 6.70. The highest BCUT2D eigenvalue weighted by atomic mass is 16.5. The van der Waals surface area contributed by atoms with Crippen LogP contribution in [-0.4, -0.2) is 24.9 Å². The molecule has 5 heteroatoms. The summed E-state index contributed by atoms with van der Waals surface area (Å²) < 4.78 is 11.1. The Hall–Kier alpha value is -3.60. The van der Waals surface area contributed by atoms with Crippen LogP contribution in [0.2, 0.25) is 0 Å². The van der Waals surface area contributed by atoms with Gasteiger partial charge in [-0.1, -0.05) is 30.3 Å². The molecule has 29 heavy (non-hydrogen) atoms. The smallest absolute Gasteiger partial charge is 0.128 e. The van der Waals surface area contributed by atoms with Crippen LogP contribution in [0.1, 0.15) is 18.2 Å². The fraction of sp³-hybridized carbons (Fsp3) is 0.167. The number of nitrogens with zero attached hydrogens (tertiary/aromatic N) is 2. The number of hydrazone groups is 1. The lowest BCUT2D eigenvalue weighted by molar-refractivity contribution is 0.340. The van der Waals surface area contributed by atoms with Crippen molar-refractivity contribution in [2.75, 3.05) is 19.1 Å². The van der Waals surface area contributed by atoms with E-state index >= 15 is 0 Å². The summed E-state index contributed by atoms with van der Waals surface area (Å²) in [5.41, 5.74) is 6.79. The van der Waals surface area contributed by atoms with Crippen LogP contribution in [0.15, 0.2) is 65.8 Å². The first-order valence-corrected chi connectivity index (χ1v) is 9.58. The van der Waals surface area contributed by atoms with Crippen molar-refractivity contribution in [1.29, 1.82) is 0 Å². The highest BCUT2D eigenvalue weighted by Gasteiger charge is 2.07. The lowest BCUT2D eigenvalue weighted by atomic mass is 10.0. The molecule has 0 aliphatic heterocycles. The van der Waals surface area contributed by atoms with Crippen molar-refractivity contribution in [3.63, 3.8) is 0 Å². The number of methoxy groups -OCH3 is 1. The molecule has 0 saturated carbocycles. The summed E-state index contributed by atoms with van der Waals surface area (Å²) in [4.78, 5) is 4.62. The molecule has 0 unspecified atom stereocenters. The van der Waals surface area contributed by atoms with Gasteiger partial charge in [0.1, 0.15) is 11.5 Å². The molecule has 3 aromatic carbocycles. The number of benzene rings is 3. The van der Waals surface area contributed by atoms with Gasteiger partial charge in [-0.3, -0.25) is 10.4 Å². The maximum atomic E-state index is 5.60. The molecule has 0 aliphatic carbocycles. The van der Waals surface area contributed by atoms with E-state index in [9.17, 15) is 0 Å². The van der Waals surface area contributed by atoms with Crippen LogP contribution < -0.4 is 14.9 Å². The van der Waals surface area contributed by atoms with Gasteiger partial charge in [0.2, 0.25) is 0 Å². The minimum atomic E-state index is 0.625. The summed E-state index contributed by atoms with van der Waals surface area (Å²) in [6, 6.07) is 20.1. The average molecular weight is 385 g/mol. The Morgan fingerprint density at radius 2 is 1.90 bits per heavy atom. The van der Waals surface area contributed by atoms with Crippen molar-refractivity contribution in [1.82, 2.24) is 4.98 Å². The molecule has 0 saturated heterocycles. The van der Waals surface area contributed by atoms with Crippen LogP contribution in [-0.2, 0) is 0 Å². The van der Waals surface area contributed by atoms with Gasteiger partial charge in [0.05, 0.1) is 31.1 Å². The molecule has 0 spiro atoms. The maximum absolute atomic E-state index is 5.60. The molecule has 0 radical (unpaired) electrons. The Labute approximate surface area is 170 Å². The Morgan fingerprint density at radius 3 is 2.72 bits per heavy atom. The summed E-state index contributed by atoms with van der Waals surface area (Å²) >= 11 is 0. The second kappa shape index (κ2) is 8.19. The standard InChI is InChI=1S/C24H23N3O2/c1-4-29-18-10-11-20-22(14-18)26-16(2)13-23(20)27-25-15-21-19-8-6-5-7-17(19)9-12-24(21)28-3/h5-15H,4H2,1-3H3,(H,26,27)/b25-15+. The molecule has 146 valence electrons. The molecule has 4 rings (SSSR count). The Morgan fingerprint density at radius 1 is 1.03 bits per heavy atom. The maximum Gasteiger partial charge on any atom is 0.128 e. The molecule has 0 atom stereocenters. The van der Waals surface area contributed by atoms with E-state index in [4.69, 9.17) is 9.47 Å². The fourth-order valence-corrected chi connectivity index (χ4v) is 3.44. The number of hydrogen-bond donors (Lipinski definition) is 1. The quantitative estimate of drug-likeness (QED) is 0.349. The number of rotatable bonds is 6. The number of fused-ring (bicyclic) bond motifs is 2. The highest BCUT2D eigenvalue weighted by molar-refractivity contribution is 6.03. The third-order valence-corrected chi connectivity index (χ3v) is 4.75. The van der Waals surface area contributed by atoms with Crippen molar-refractivity contribution in [2.45, 2.75) is 13.8 Å². The van der Waals surface area contributed by atoms with E-state index in [0.717, 1.165) is 50.1 Å². The van der Waals surface area contributed by atoms with Gasteiger partial charge in [-0.15, -0.1) is 0 Å². The molecule has 0 bridgehead atoms. The first kappa shape index (κ1) is 18.7. The molecule has 1 N–H and O–H groups in total. The van der Waals surface area contributed by atoms with E-state index in [1.807, 2.05) is 56.3 Å². The Kier molecular flexibility index (Phi) is 5.29. The van der Waals surface area contributed by atoms with Gasteiger partial charge in [0.15, 0.2) is 0 Å². The second-order valence-electron chi connectivity index (χ2n) is 6.70. The van der Waals surface area contributed by atoms with Crippen LogP contribution in [0.4, 0.5) is 5.69 Å². The van der Waals surface area contributed by atoms with Crippen LogP contribution in [0, 0.1) is 6.92 Å². The first-order chi connectivity index (χ1) is 14.2. The van der Waals surface area contributed by atoms with Crippen LogP contribution in [0.5, 0.6) is 11.5 Å². The summed E-state index contributed by atoms with van der Waals surface area (Å²) in [6.45, 7) is 4.56. The van der Waals surface area contributed by atoms with Gasteiger partial charge in [-0.2, -0.15) is 5.10 Å². The fourth-order valence-electron chi connectivity index (χ4n) is 3.44. The molecule has 4 aromatic rings. The van der Waals surface area contributed by atoms with Crippen molar-refractivity contribution < 1.29 is 9.47 Å². The summed E-state index contributed by atoms with van der Waals surface area (Å²) in [6.07, 6.45) is 1.80. The number of ether oxygens (including phenoxy) is 2. The molecule has 0 amide bonds. The van der Waals surface area contributed by atoms with Crippen molar-refractivity contribution in [3.8, 4) is 11.5 Å². The summed E-state index contributed by atoms with van der Waals surface area (Å²) in [7, 11) is 1.67. The molecule has 1 aromatic heterocycles. The number of nitrogens with one attached hydrogen (secondary N) is 1. The lowest BCUT2D eigenvalue weighted by Crippen LogP contribution is -1.98. The van der Waals surface area contributed by atoms with Crippen molar-refractivity contribution in [2.24, 2.45) is 5.10 Å². The normalized spacial score (nSPS) is 11.3. The zero-order valence-electron chi connectivity index (χ0n) is 16.8. The molecule has 0 aliphatic rings. The topological polar surface area (TPSA) is 55.7 Å². The van der Waals surface area contributed by atoms with Gasteiger partial charge in [-0.25, -0.2) is 0 Å². The summed E-state index contributed by atoms with van der Waals surface area (Å²) in [5, 5.41) is 7.73. The number of aryl methyl sites for hydroxylation is 1. The van der Waals surface area contributed by atoms with E-state index in [-0.39, 0.29) is 0 Å². The van der Waals surface area contributed by atoms with E-state index in [1.165, 1.54) is 0 Å². The van der Waals surface area contributed by atoms with E-state index in [1.54, 1.807) is 13.3 Å². The molecule has 5 nitrogen and oxygen atoms in total. The predicted molar refractivity (Wildman–Crippen MR) is 119 cm³/mol. The average Bonchev–Trinajstić information content (AvgIpc) is 2.73. The minimum absolute atomic E-state index is 0.625. The molecular formula is C24H23N3O2. The van der Waals surface area contributed by atoms with Crippen molar-refractivity contribution >= 4 is 33.6 Å². The third-order valence-electron chi connectivity index (χ3n) is 4.75. The van der Waals surface area contributed by atoms with Crippen LogP contribution in [0.3, 0.4) is 0 Å². The number of pyridine rings is 1. The van der Waals surface area contributed by atoms with Gasteiger partial charge >= 0.3 is 0 Å². The van der Waals surface area contributed by atoms with Gasteiger partial charge < -0.3 is 9.47 Å². The van der Waals surface area contributed by atoms with Crippen molar-refractivity contribution in [3.05, 3.63) is 71.9 Å². The SMILES string of the molecule is CCOc1ccc2c(N/N=C/c3c(OC)ccc4ccccc34)cc(C)nc2c1. The van der Waals surface area contributed by atoms with E-state index in [2.05, 4.69) is 33.7 Å². The van der Waals surface area contributed by atoms with Gasteiger partial charge in [0.25, 0.3) is 0 Å². The lowest BCUT2D eigenvalue weighted by Gasteiger charge is -2.10. The van der Waals surface area contributed by atoms with Gasteiger partial charge in [0, 0.05) is 22.7 Å². The zero-order valence-corrected chi connectivity index (χ0v) is 16.8. The summed E-state index contributed by atoms with van der Waals surface area (Å²) in [5.74, 6) is 1.60. The van der Waals surface area contributed by atoms with Crippen LogP contribution in [0.25, 0.3) is 21.7 Å². The Balaban J connectivity index is 1.70. The minimum Gasteiger partial charge on any atom is -0.496 e.